The van der Waals surface area contributed by atoms with Crippen LogP contribution in [0.3, 0.4) is 0 Å². The highest BCUT2D eigenvalue weighted by molar-refractivity contribution is 5.96. The molecule has 0 unspecified atom stereocenters. The zero-order valence-corrected chi connectivity index (χ0v) is 18.8. The number of rotatable bonds is 8. The van der Waals surface area contributed by atoms with Crippen molar-refractivity contribution in [1.29, 1.82) is 0 Å². The molecule has 182 valence electrons. The van der Waals surface area contributed by atoms with Crippen LogP contribution in [0.4, 0.5) is 22.7 Å². The number of nitrogens with one attached hydrogen (secondary N) is 1. The van der Waals surface area contributed by atoms with Gasteiger partial charge >= 0.3 is 0 Å². The highest BCUT2D eigenvalue weighted by Crippen LogP contribution is 2.36. The second-order valence-electron chi connectivity index (χ2n) is 7.47. The summed E-state index contributed by atoms with van der Waals surface area (Å²) in [5.74, 6) is -1.18. The van der Waals surface area contributed by atoms with Crippen LogP contribution in [0.2, 0.25) is 0 Å². The molecule has 0 spiro atoms. The molecule has 0 bridgehead atoms. The number of aryl methyl sites for hydroxylation is 1. The molecule has 3 rings (SSSR count). The Labute approximate surface area is 194 Å². The third-order valence-corrected chi connectivity index (χ3v) is 5.52. The third-order valence-electron chi connectivity index (χ3n) is 5.52. The first-order chi connectivity index (χ1) is 16.1. The number of amides is 1. The Hall–Kier alpha value is -4.13. The minimum absolute atomic E-state index is 0.278. The SMILES string of the molecule is CC[NH+](CC)CCN1C(=O)CCc2ccccc21.O=[N+]([O-])c1cc([N+](=O)[O-])c([O-])c([N+](=O)[O-])c1. The molecular weight excluding hydrogens is 450 g/mol. The third kappa shape index (κ3) is 6.22. The number of anilines is 1. The maximum atomic E-state index is 12.1. The van der Waals surface area contributed by atoms with E-state index < -0.39 is 37.6 Å². The summed E-state index contributed by atoms with van der Waals surface area (Å²) in [5, 5.41) is 42.1. The molecule has 0 aliphatic carbocycles. The first-order valence-electron chi connectivity index (χ1n) is 10.6. The van der Waals surface area contributed by atoms with Crippen LogP contribution in [-0.4, -0.2) is 46.9 Å². The standard InChI is InChI=1S/C15H22N2O.C6H3N3O7/c1-3-16(4-2)11-12-17-14-8-6-5-7-13(14)9-10-15(17)18;10-6-4(8(13)14)1-3(7(11)12)2-5(6)9(15)16/h5-8H,3-4,9-12H2,1-2H3;1-2,10H. The predicted octanol–water partition coefficient (Wildman–Crippen LogP) is 1.38. The normalized spacial score (nSPS) is 12.6. The lowest BCUT2D eigenvalue weighted by atomic mass is 10.0. The fourth-order valence-corrected chi connectivity index (χ4v) is 3.58. The van der Waals surface area contributed by atoms with Crippen molar-refractivity contribution in [3.8, 4) is 5.75 Å². The molecule has 0 fully saturated rings. The number of nitrogens with zero attached hydrogens (tertiary/aromatic N) is 4. The average molecular weight is 475 g/mol. The number of carbonyl (C=O) groups excluding carboxylic acids is 1. The first kappa shape index (κ1) is 26.1. The number of non-ortho nitro benzene ring substituents is 1. The van der Waals surface area contributed by atoms with Crippen molar-refractivity contribution in [1.82, 2.24) is 0 Å². The van der Waals surface area contributed by atoms with Crippen LogP contribution in [0.15, 0.2) is 36.4 Å². The number of likely N-dealkylation sites (N-methyl/N-ethyl adjacent to an activating group) is 1. The van der Waals surface area contributed by atoms with Gasteiger partial charge in [-0.3, -0.25) is 35.1 Å². The molecule has 34 heavy (non-hydrogen) atoms. The van der Waals surface area contributed by atoms with Crippen molar-refractivity contribution in [2.75, 3.05) is 31.1 Å². The van der Waals surface area contributed by atoms with E-state index in [1.165, 1.54) is 5.56 Å². The van der Waals surface area contributed by atoms with Crippen LogP contribution in [0.1, 0.15) is 25.8 Å². The summed E-state index contributed by atoms with van der Waals surface area (Å²) < 4.78 is 0. The van der Waals surface area contributed by atoms with Crippen LogP contribution in [-0.2, 0) is 11.2 Å². The number of fused-ring (bicyclic) bond motifs is 1. The van der Waals surface area contributed by atoms with Gasteiger partial charge in [0.15, 0.2) is 0 Å². The Kier molecular flexibility index (Phi) is 8.95. The number of hydrogen-bond donors (Lipinski definition) is 1. The summed E-state index contributed by atoms with van der Waals surface area (Å²) in [6.45, 7) is 8.52. The summed E-state index contributed by atoms with van der Waals surface area (Å²) in [7, 11) is 0. The van der Waals surface area contributed by atoms with Gasteiger partial charge in [-0.25, -0.2) is 0 Å². The fourth-order valence-electron chi connectivity index (χ4n) is 3.58. The largest absolute Gasteiger partial charge is 0.863 e. The summed E-state index contributed by atoms with van der Waals surface area (Å²) in [5.41, 5.74) is -0.827. The van der Waals surface area contributed by atoms with E-state index in [9.17, 15) is 40.2 Å². The van der Waals surface area contributed by atoms with E-state index in [0.29, 0.717) is 18.6 Å². The van der Waals surface area contributed by atoms with Crippen molar-refractivity contribution >= 4 is 28.7 Å². The van der Waals surface area contributed by atoms with Gasteiger partial charge in [0.2, 0.25) is 5.91 Å². The summed E-state index contributed by atoms with van der Waals surface area (Å²) in [6.07, 6.45) is 1.55. The van der Waals surface area contributed by atoms with Crippen LogP contribution in [0, 0.1) is 30.3 Å². The van der Waals surface area contributed by atoms with E-state index >= 15 is 0 Å². The topological polar surface area (TPSA) is 177 Å². The van der Waals surface area contributed by atoms with E-state index in [2.05, 4.69) is 32.0 Å². The molecule has 2 aromatic carbocycles. The quantitative estimate of drug-likeness (QED) is 0.439. The molecule has 1 heterocycles. The molecule has 1 aliphatic heterocycles. The maximum Gasteiger partial charge on any atom is 0.283 e. The van der Waals surface area contributed by atoms with E-state index in [0.717, 1.165) is 38.3 Å². The molecule has 1 N–H and O–H groups in total. The summed E-state index contributed by atoms with van der Waals surface area (Å²) in [4.78, 5) is 43.1. The molecule has 1 amide bonds. The number of benzene rings is 2. The number of quaternary nitrogens is 1. The van der Waals surface area contributed by atoms with Crippen molar-refractivity contribution in [2.24, 2.45) is 0 Å². The van der Waals surface area contributed by atoms with Gasteiger partial charge in [0.25, 0.3) is 17.1 Å². The number of nitro benzene ring substituents is 3. The lowest BCUT2D eigenvalue weighted by Gasteiger charge is -2.30. The van der Waals surface area contributed by atoms with Gasteiger partial charge in [-0.05, 0) is 31.9 Å². The van der Waals surface area contributed by atoms with E-state index in [1.54, 1.807) is 4.90 Å². The van der Waals surface area contributed by atoms with Gasteiger partial charge in [-0.2, -0.15) is 0 Å². The van der Waals surface area contributed by atoms with Crippen molar-refractivity contribution in [2.45, 2.75) is 26.7 Å². The number of carbonyl (C=O) groups is 1. The molecule has 0 saturated carbocycles. The lowest BCUT2D eigenvalue weighted by Crippen LogP contribution is -3.12. The Bertz CT molecular complexity index is 1050. The molecular formula is C21H25N5O8. The Morgan fingerprint density at radius 1 is 0.912 bits per heavy atom. The number of para-hydroxylation sites is 1. The molecule has 13 heteroatoms. The number of nitro groups is 3. The summed E-state index contributed by atoms with van der Waals surface area (Å²) >= 11 is 0. The highest BCUT2D eigenvalue weighted by Gasteiger charge is 2.25. The van der Waals surface area contributed by atoms with Gasteiger partial charge < -0.3 is 14.9 Å². The molecule has 13 nitrogen and oxygen atoms in total. The van der Waals surface area contributed by atoms with Crippen LogP contribution in [0.25, 0.3) is 0 Å². The van der Waals surface area contributed by atoms with Gasteiger partial charge in [-0.15, -0.1) is 0 Å². The predicted molar refractivity (Wildman–Crippen MR) is 120 cm³/mol. The molecule has 0 saturated heterocycles. The number of hydrogen-bond acceptors (Lipinski definition) is 8. The first-order valence-corrected chi connectivity index (χ1v) is 10.6. The zero-order valence-electron chi connectivity index (χ0n) is 18.8. The van der Waals surface area contributed by atoms with E-state index in [-0.39, 0.29) is 5.91 Å². The highest BCUT2D eigenvalue weighted by atomic mass is 16.6. The Morgan fingerprint density at radius 2 is 1.47 bits per heavy atom. The minimum Gasteiger partial charge on any atom is -0.863 e. The van der Waals surface area contributed by atoms with Gasteiger partial charge in [-0.1, -0.05) is 18.2 Å². The van der Waals surface area contributed by atoms with Crippen LogP contribution >= 0.6 is 0 Å². The Morgan fingerprint density at radius 3 is 1.97 bits per heavy atom. The molecule has 2 aromatic rings. The summed E-state index contributed by atoms with van der Waals surface area (Å²) in [6, 6.07) is 9.06. The Balaban J connectivity index is 0.000000242. The second kappa shape index (κ2) is 11.7. The van der Waals surface area contributed by atoms with E-state index in [4.69, 9.17) is 0 Å². The maximum absolute atomic E-state index is 12.1. The lowest BCUT2D eigenvalue weighted by molar-refractivity contribution is -0.894. The van der Waals surface area contributed by atoms with Crippen LogP contribution < -0.4 is 14.9 Å². The van der Waals surface area contributed by atoms with Crippen LogP contribution in [0.5, 0.6) is 5.75 Å². The second-order valence-corrected chi connectivity index (χ2v) is 7.47. The van der Waals surface area contributed by atoms with E-state index in [1.807, 2.05) is 11.0 Å². The molecule has 1 aliphatic rings. The molecule has 0 radical (unpaired) electrons. The average Bonchev–Trinajstić information content (AvgIpc) is 2.80. The molecule has 0 atom stereocenters. The fraction of sp³-hybridized carbons (Fsp3) is 0.381. The smallest absolute Gasteiger partial charge is 0.283 e. The van der Waals surface area contributed by atoms with Gasteiger partial charge in [0.1, 0.15) is 0 Å². The molecule has 0 aromatic heterocycles. The monoisotopic (exact) mass is 475 g/mol. The van der Waals surface area contributed by atoms with Gasteiger partial charge in [0, 0.05) is 12.1 Å². The zero-order chi connectivity index (χ0) is 25.4. The minimum atomic E-state index is -1.46. The van der Waals surface area contributed by atoms with Gasteiger partial charge in [0.05, 0.1) is 58.8 Å². The van der Waals surface area contributed by atoms with Crippen molar-refractivity contribution < 1.29 is 29.6 Å². The van der Waals surface area contributed by atoms with Crippen molar-refractivity contribution in [3.05, 3.63) is 72.3 Å². The van der Waals surface area contributed by atoms with Crippen molar-refractivity contribution in [3.63, 3.8) is 0 Å².